The molecular formula is C16H27NO2. The molecule has 0 bridgehead atoms. The maximum Gasteiger partial charge on any atom is 0.120 e. The van der Waals surface area contributed by atoms with Crippen molar-refractivity contribution in [2.45, 2.75) is 59.1 Å². The van der Waals surface area contributed by atoms with Crippen molar-refractivity contribution >= 4 is 0 Å². The van der Waals surface area contributed by atoms with E-state index in [1.807, 2.05) is 26.8 Å². The first-order chi connectivity index (χ1) is 8.69. The van der Waals surface area contributed by atoms with E-state index in [1.54, 1.807) is 12.1 Å². The van der Waals surface area contributed by atoms with Crippen LogP contribution in [-0.4, -0.2) is 10.7 Å². The second kappa shape index (κ2) is 6.29. The summed E-state index contributed by atoms with van der Waals surface area (Å²) in [5, 5.41) is 9.93. The maximum atomic E-state index is 9.93. The quantitative estimate of drug-likeness (QED) is 0.846. The summed E-state index contributed by atoms with van der Waals surface area (Å²) in [6, 6.07) is 5.14. The summed E-state index contributed by atoms with van der Waals surface area (Å²) < 4.78 is 5.81. The van der Waals surface area contributed by atoms with Crippen LogP contribution in [0.15, 0.2) is 18.2 Å². The number of ether oxygens (including phenoxy) is 1. The Morgan fingerprint density at radius 1 is 1.21 bits per heavy atom. The minimum absolute atomic E-state index is 0.147. The molecule has 0 amide bonds. The largest absolute Gasteiger partial charge is 0.508 e. The van der Waals surface area contributed by atoms with Crippen LogP contribution >= 0.6 is 0 Å². The lowest BCUT2D eigenvalue weighted by Gasteiger charge is -2.23. The highest BCUT2D eigenvalue weighted by molar-refractivity contribution is 5.41. The summed E-state index contributed by atoms with van der Waals surface area (Å²) in [6.07, 6.45) is 1.91. The zero-order chi connectivity index (χ0) is 14.6. The summed E-state index contributed by atoms with van der Waals surface area (Å²) in [4.78, 5) is 0. The molecule has 19 heavy (non-hydrogen) atoms. The highest BCUT2D eigenvalue weighted by atomic mass is 16.5. The molecule has 0 aliphatic rings. The Morgan fingerprint density at radius 2 is 1.84 bits per heavy atom. The van der Waals surface area contributed by atoms with Gasteiger partial charge in [0.2, 0.25) is 0 Å². The van der Waals surface area contributed by atoms with E-state index in [0.717, 1.165) is 24.2 Å². The van der Waals surface area contributed by atoms with Gasteiger partial charge in [0.05, 0.1) is 0 Å². The number of aromatic hydroxyl groups is 1. The third-order valence-electron chi connectivity index (χ3n) is 2.88. The summed E-state index contributed by atoms with van der Waals surface area (Å²) in [6.45, 7) is 10.3. The topological polar surface area (TPSA) is 55.5 Å². The predicted molar refractivity (Wildman–Crippen MR) is 79.5 cm³/mol. The fourth-order valence-corrected chi connectivity index (χ4v) is 1.92. The predicted octanol–water partition coefficient (Wildman–Crippen LogP) is 4.01. The maximum absolute atomic E-state index is 9.93. The Balaban J connectivity index is 2.84. The van der Waals surface area contributed by atoms with Crippen molar-refractivity contribution < 1.29 is 9.84 Å². The standard InChI is InChI=1S/C16H27NO2/c1-11(2)6-8-14(17)13-10-12(7-9-15(13)18)19-16(3,4)5/h7,9-11,14,18H,6,8,17H2,1-5H3/t14-/m1/s1. The Bertz CT molecular complexity index is 408. The van der Waals surface area contributed by atoms with E-state index >= 15 is 0 Å². The first kappa shape index (κ1) is 15.8. The second-order valence-electron chi connectivity index (χ2n) is 6.51. The van der Waals surface area contributed by atoms with E-state index in [-0.39, 0.29) is 17.4 Å². The Morgan fingerprint density at radius 3 is 2.37 bits per heavy atom. The average molecular weight is 265 g/mol. The van der Waals surface area contributed by atoms with E-state index in [1.165, 1.54) is 0 Å². The lowest BCUT2D eigenvalue weighted by Crippen LogP contribution is -2.23. The lowest BCUT2D eigenvalue weighted by atomic mass is 9.97. The number of nitrogens with two attached hydrogens (primary N) is 1. The normalized spacial score (nSPS) is 13.6. The third-order valence-corrected chi connectivity index (χ3v) is 2.88. The van der Waals surface area contributed by atoms with Gasteiger partial charge in [0, 0.05) is 11.6 Å². The Labute approximate surface area is 116 Å². The van der Waals surface area contributed by atoms with Gasteiger partial charge in [0.1, 0.15) is 17.1 Å². The molecule has 0 saturated heterocycles. The molecule has 3 heteroatoms. The van der Waals surface area contributed by atoms with Gasteiger partial charge in [-0.15, -0.1) is 0 Å². The molecule has 3 N–H and O–H groups in total. The average Bonchev–Trinajstić information content (AvgIpc) is 2.26. The van der Waals surface area contributed by atoms with Crippen LogP contribution in [0.4, 0.5) is 0 Å². The molecule has 0 aliphatic heterocycles. The fourth-order valence-electron chi connectivity index (χ4n) is 1.92. The molecule has 1 rings (SSSR count). The van der Waals surface area contributed by atoms with Crippen molar-refractivity contribution in [1.82, 2.24) is 0 Å². The second-order valence-corrected chi connectivity index (χ2v) is 6.51. The van der Waals surface area contributed by atoms with E-state index in [9.17, 15) is 5.11 Å². The van der Waals surface area contributed by atoms with E-state index in [0.29, 0.717) is 5.92 Å². The summed E-state index contributed by atoms with van der Waals surface area (Å²) >= 11 is 0. The van der Waals surface area contributed by atoms with Crippen molar-refractivity contribution in [1.29, 1.82) is 0 Å². The van der Waals surface area contributed by atoms with Crippen LogP contribution in [0, 0.1) is 5.92 Å². The van der Waals surface area contributed by atoms with Gasteiger partial charge in [-0.1, -0.05) is 13.8 Å². The molecule has 1 aromatic carbocycles. The highest BCUT2D eigenvalue weighted by Crippen LogP contribution is 2.31. The number of phenolic OH excluding ortho intramolecular Hbond substituents is 1. The fraction of sp³-hybridized carbons (Fsp3) is 0.625. The third kappa shape index (κ3) is 5.52. The van der Waals surface area contributed by atoms with E-state index in [2.05, 4.69) is 13.8 Å². The van der Waals surface area contributed by atoms with Crippen LogP contribution in [0.2, 0.25) is 0 Å². The summed E-state index contributed by atoms with van der Waals surface area (Å²) in [7, 11) is 0. The molecule has 1 atom stereocenters. The number of phenols is 1. The van der Waals surface area contributed by atoms with Crippen LogP contribution in [0.25, 0.3) is 0 Å². The number of hydrogen-bond acceptors (Lipinski definition) is 3. The zero-order valence-electron chi connectivity index (χ0n) is 12.7. The van der Waals surface area contributed by atoms with E-state index < -0.39 is 0 Å². The smallest absolute Gasteiger partial charge is 0.120 e. The molecule has 0 fully saturated rings. The molecule has 3 nitrogen and oxygen atoms in total. The summed E-state index contributed by atoms with van der Waals surface area (Å²) in [5.74, 6) is 1.61. The van der Waals surface area contributed by atoms with Gasteiger partial charge < -0.3 is 15.6 Å². The van der Waals surface area contributed by atoms with Crippen molar-refractivity contribution in [2.24, 2.45) is 11.7 Å². The molecular weight excluding hydrogens is 238 g/mol. The minimum Gasteiger partial charge on any atom is -0.508 e. The first-order valence-corrected chi connectivity index (χ1v) is 6.96. The number of hydrogen-bond donors (Lipinski definition) is 2. The van der Waals surface area contributed by atoms with Crippen LogP contribution in [-0.2, 0) is 0 Å². The van der Waals surface area contributed by atoms with Gasteiger partial charge in [0.15, 0.2) is 0 Å². The van der Waals surface area contributed by atoms with E-state index in [4.69, 9.17) is 10.5 Å². The van der Waals surface area contributed by atoms with Crippen molar-refractivity contribution in [2.75, 3.05) is 0 Å². The molecule has 108 valence electrons. The number of rotatable bonds is 5. The first-order valence-electron chi connectivity index (χ1n) is 6.96. The van der Waals surface area contributed by atoms with Crippen LogP contribution in [0.3, 0.4) is 0 Å². The van der Waals surface area contributed by atoms with Gasteiger partial charge in [-0.25, -0.2) is 0 Å². The minimum atomic E-state index is -0.254. The zero-order valence-corrected chi connectivity index (χ0v) is 12.7. The van der Waals surface area contributed by atoms with Gasteiger partial charge in [-0.3, -0.25) is 0 Å². The molecule has 0 spiro atoms. The monoisotopic (exact) mass is 265 g/mol. The van der Waals surface area contributed by atoms with Gasteiger partial charge in [-0.2, -0.15) is 0 Å². The molecule has 0 unspecified atom stereocenters. The van der Waals surface area contributed by atoms with Crippen molar-refractivity contribution in [3.8, 4) is 11.5 Å². The van der Waals surface area contributed by atoms with Crippen molar-refractivity contribution in [3.63, 3.8) is 0 Å². The van der Waals surface area contributed by atoms with Crippen molar-refractivity contribution in [3.05, 3.63) is 23.8 Å². The molecule has 0 heterocycles. The molecule has 1 aromatic rings. The SMILES string of the molecule is CC(C)CC[C@@H](N)c1cc(OC(C)(C)C)ccc1O. The Hall–Kier alpha value is -1.22. The Kier molecular flexibility index (Phi) is 5.24. The van der Waals surface area contributed by atoms with Gasteiger partial charge in [0.25, 0.3) is 0 Å². The number of benzene rings is 1. The lowest BCUT2D eigenvalue weighted by molar-refractivity contribution is 0.130. The van der Waals surface area contributed by atoms with Crippen LogP contribution < -0.4 is 10.5 Å². The summed E-state index contributed by atoms with van der Waals surface area (Å²) in [5.41, 5.74) is 6.67. The molecule has 0 aliphatic carbocycles. The highest BCUT2D eigenvalue weighted by Gasteiger charge is 2.16. The van der Waals surface area contributed by atoms with Gasteiger partial charge >= 0.3 is 0 Å². The molecule has 0 saturated carbocycles. The van der Waals surface area contributed by atoms with Crippen LogP contribution in [0.5, 0.6) is 11.5 Å². The van der Waals surface area contributed by atoms with Gasteiger partial charge in [-0.05, 0) is 57.7 Å². The van der Waals surface area contributed by atoms with Crippen LogP contribution in [0.1, 0.15) is 59.1 Å². The molecule has 0 aromatic heterocycles. The molecule has 0 radical (unpaired) electrons.